The fourth-order valence-corrected chi connectivity index (χ4v) is 3.76. The summed E-state index contributed by atoms with van der Waals surface area (Å²) in [6.45, 7) is 4.07. The molecule has 3 aromatic heterocycles. The minimum Gasteiger partial charge on any atom is -0.343 e. The van der Waals surface area contributed by atoms with Crippen molar-refractivity contribution in [2.24, 2.45) is 0 Å². The van der Waals surface area contributed by atoms with Gasteiger partial charge in [0.15, 0.2) is 5.82 Å². The lowest BCUT2D eigenvalue weighted by molar-refractivity contribution is 0.0944. The average molecular weight is 368 g/mol. The smallest absolute Gasteiger partial charge is 0.270 e. The molecular weight excluding hydrogens is 348 g/mol. The van der Waals surface area contributed by atoms with Crippen molar-refractivity contribution in [3.8, 4) is 0 Å². The second kappa shape index (κ2) is 7.76. The lowest BCUT2D eigenvalue weighted by Gasteiger charge is -2.18. The van der Waals surface area contributed by atoms with Crippen molar-refractivity contribution in [3.63, 3.8) is 0 Å². The predicted molar refractivity (Wildman–Crippen MR) is 98.7 cm³/mol. The van der Waals surface area contributed by atoms with Gasteiger partial charge in [-0.25, -0.2) is 0 Å². The first-order valence-corrected chi connectivity index (χ1v) is 9.57. The number of hydrogen-bond donors (Lipinski definition) is 1. The van der Waals surface area contributed by atoms with E-state index in [1.807, 2.05) is 0 Å². The van der Waals surface area contributed by atoms with E-state index in [-0.39, 0.29) is 5.91 Å². The Morgan fingerprint density at radius 2 is 2.15 bits per heavy atom. The molecule has 1 amide bonds. The number of hydrogen-bond acceptors (Lipinski definition) is 6. The zero-order valence-electron chi connectivity index (χ0n) is 14.3. The zero-order chi connectivity index (χ0) is 17.8. The SMILES string of the molecule is O=C(NCc1nnc2n1CCN(Cc1ccsc1)CC2)c1ccccn1. The second-order valence-electron chi connectivity index (χ2n) is 6.24. The van der Waals surface area contributed by atoms with Gasteiger partial charge in [0.05, 0.1) is 6.54 Å². The first-order chi connectivity index (χ1) is 12.8. The summed E-state index contributed by atoms with van der Waals surface area (Å²) >= 11 is 1.73. The predicted octanol–water partition coefficient (Wildman–Crippen LogP) is 1.72. The van der Waals surface area contributed by atoms with Gasteiger partial charge in [-0.05, 0) is 34.5 Å². The Morgan fingerprint density at radius 3 is 2.96 bits per heavy atom. The summed E-state index contributed by atoms with van der Waals surface area (Å²) in [5.74, 6) is 1.58. The molecule has 0 saturated heterocycles. The fourth-order valence-electron chi connectivity index (χ4n) is 3.10. The topological polar surface area (TPSA) is 75.9 Å². The molecule has 1 aliphatic heterocycles. The second-order valence-corrected chi connectivity index (χ2v) is 7.02. The Bertz CT molecular complexity index is 861. The van der Waals surface area contributed by atoms with Crippen LogP contribution in [0.2, 0.25) is 0 Å². The summed E-state index contributed by atoms with van der Waals surface area (Å²) in [7, 11) is 0. The van der Waals surface area contributed by atoms with E-state index in [9.17, 15) is 4.79 Å². The highest BCUT2D eigenvalue weighted by Crippen LogP contribution is 2.14. The number of aromatic nitrogens is 4. The van der Waals surface area contributed by atoms with Gasteiger partial charge in [0, 0.05) is 38.8 Å². The van der Waals surface area contributed by atoms with Crippen molar-refractivity contribution in [3.05, 3.63) is 64.1 Å². The number of pyridine rings is 1. The minimum atomic E-state index is -0.198. The molecule has 8 heteroatoms. The molecule has 0 fully saturated rings. The van der Waals surface area contributed by atoms with Crippen LogP contribution in [-0.2, 0) is 26.1 Å². The van der Waals surface area contributed by atoms with E-state index < -0.39 is 0 Å². The molecule has 0 saturated carbocycles. The highest BCUT2D eigenvalue weighted by Gasteiger charge is 2.19. The monoisotopic (exact) mass is 368 g/mol. The van der Waals surface area contributed by atoms with E-state index in [0.29, 0.717) is 12.2 Å². The van der Waals surface area contributed by atoms with Crippen LogP contribution in [0.15, 0.2) is 41.2 Å². The van der Waals surface area contributed by atoms with Gasteiger partial charge in [0.1, 0.15) is 11.5 Å². The molecule has 0 atom stereocenters. The molecule has 1 aliphatic rings. The van der Waals surface area contributed by atoms with E-state index in [2.05, 4.69) is 46.8 Å². The van der Waals surface area contributed by atoms with E-state index in [1.54, 1.807) is 35.7 Å². The van der Waals surface area contributed by atoms with Gasteiger partial charge in [-0.3, -0.25) is 14.7 Å². The summed E-state index contributed by atoms with van der Waals surface area (Å²) < 4.78 is 2.13. The molecule has 3 aromatic rings. The maximum atomic E-state index is 12.2. The van der Waals surface area contributed by atoms with E-state index in [0.717, 1.165) is 44.2 Å². The third-order valence-electron chi connectivity index (χ3n) is 4.49. The van der Waals surface area contributed by atoms with Crippen molar-refractivity contribution in [2.45, 2.75) is 26.1 Å². The molecule has 0 aromatic carbocycles. The number of rotatable bonds is 5. The molecular formula is C18H20N6OS. The molecule has 4 rings (SSSR count). The summed E-state index contributed by atoms with van der Waals surface area (Å²) in [5, 5.41) is 15.8. The van der Waals surface area contributed by atoms with Crippen molar-refractivity contribution < 1.29 is 4.79 Å². The molecule has 1 N–H and O–H groups in total. The van der Waals surface area contributed by atoms with Crippen LogP contribution in [0.5, 0.6) is 0 Å². The first kappa shape index (κ1) is 16.9. The maximum absolute atomic E-state index is 12.2. The quantitative estimate of drug-likeness (QED) is 0.742. The van der Waals surface area contributed by atoms with Gasteiger partial charge in [-0.15, -0.1) is 10.2 Å². The van der Waals surface area contributed by atoms with Gasteiger partial charge in [-0.1, -0.05) is 6.07 Å². The Morgan fingerprint density at radius 1 is 1.19 bits per heavy atom. The standard InChI is InChI=1S/C18H20N6OS/c25-18(15-3-1-2-6-19-15)20-11-17-22-21-16-4-7-23(8-9-24(16)17)12-14-5-10-26-13-14/h1-3,5-6,10,13H,4,7-9,11-12H2,(H,20,25). The largest absolute Gasteiger partial charge is 0.343 e. The summed E-state index contributed by atoms with van der Waals surface area (Å²) in [5.41, 5.74) is 1.76. The maximum Gasteiger partial charge on any atom is 0.270 e. The number of carbonyl (C=O) groups excluding carboxylic acids is 1. The van der Waals surface area contributed by atoms with Crippen molar-refractivity contribution in [1.29, 1.82) is 0 Å². The Labute approximate surface area is 155 Å². The number of nitrogens with zero attached hydrogens (tertiary/aromatic N) is 5. The Kier molecular flexibility index (Phi) is 5.03. The number of thiophene rings is 1. The lowest BCUT2D eigenvalue weighted by Crippen LogP contribution is -2.28. The van der Waals surface area contributed by atoms with Crippen molar-refractivity contribution in [1.82, 2.24) is 30.0 Å². The van der Waals surface area contributed by atoms with Crippen LogP contribution in [0, 0.1) is 0 Å². The molecule has 0 aliphatic carbocycles. The van der Waals surface area contributed by atoms with E-state index >= 15 is 0 Å². The molecule has 4 heterocycles. The summed E-state index contributed by atoms with van der Waals surface area (Å²) in [6.07, 6.45) is 2.48. The van der Waals surface area contributed by atoms with Crippen LogP contribution in [0.3, 0.4) is 0 Å². The van der Waals surface area contributed by atoms with Crippen LogP contribution < -0.4 is 5.32 Å². The lowest BCUT2D eigenvalue weighted by atomic mass is 10.3. The van der Waals surface area contributed by atoms with Crippen LogP contribution >= 0.6 is 11.3 Å². The third kappa shape index (κ3) is 3.81. The molecule has 0 radical (unpaired) electrons. The van der Waals surface area contributed by atoms with Crippen LogP contribution in [-0.4, -0.2) is 43.6 Å². The average Bonchev–Trinajstić information content (AvgIpc) is 3.28. The van der Waals surface area contributed by atoms with Crippen LogP contribution in [0.25, 0.3) is 0 Å². The molecule has 0 spiro atoms. The molecule has 134 valence electrons. The summed E-state index contributed by atoms with van der Waals surface area (Å²) in [4.78, 5) is 18.7. The van der Waals surface area contributed by atoms with Gasteiger partial charge >= 0.3 is 0 Å². The van der Waals surface area contributed by atoms with Crippen molar-refractivity contribution >= 4 is 17.2 Å². The number of carbonyl (C=O) groups is 1. The highest BCUT2D eigenvalue weighted by atomic mass is 32.1. The van der Waals surface area contributed by atoms with E-state index in [4.69, 9.17) is 0 Å². The van der Waals surface area contributed by atoms with Crippen LogP contribution in [0.4, 0.5) is 0 Å². The molecule has 0 bridgehead atoms. The van der Waals surface area contributed by atoms with E-state index in [1.165, 1.54) is 5.56 Å². The molecule has 0 unspecified atom stereocenters. The van der Waals surface area contributed by atoms with Gasteiger partial charge in [-0.2, -0.15) is 11.3 Å². The van der Waals surface area contributed by atoms with Gasteiger partial charge in [0.2, 0.25) is 0 Å². The Hall–Kier alpha value is -2.58. The number of amides is 1. The summed E-state index contributed by atoms with van der Waals surface area (Å²) in [6, 6.07) is 7.46. The molecule has 26 heavy (non-hydrogen) atoms. The van der Waals surface area contributed by atoms with Crippen LogP contribution in [0.1, 0.15) is 27.7 Å². The first-order valence-electron chi connectivity index (χ1n) is 8.63. The number of nitrogens with one attached hydrogen (secondary N) is 1. The third-order valence-corrected chi connectivity index (χ3v) is 5.22. The van der Waals surface area contributed by atoms with Gasteiger partial charge < -0.3 is 9.88 Å². The molecule has 7 nitrogen and oxygen atoms in total. The minimum absolute atomic E-state index is 0.198. The Balaban J connectivity index is 1.38. The fraction of sp³-hybridized carbons (Fsp3) is 0.333. The highest BCUT2D eigenvalue weighted by molar-refractivity contribution is 7.07. The van der Waals surface area contributed by atoms with Gasteiger partial charge in [0.25, 0.3) is 5.91 Å². The zero-order valence-corrected chi connectivity index (χ0v) is 15.2. The number of fused-ring (bicyclic) bond motifs is 1. The normalized spacial score (nSPS) is 14.6. The van der Waals surface area contributed by atoms with Crippen molar-refractivity contribution in [2.75, 3.05) is 13.1 Å².